The van der Waals surface area contributed by atoms with Gasteiger partial charge in [0, 0.05) is 37.2 Å². The Morgan fingerprint density at radius 3 is 2.38 bits per heavy atom. The van der Waals surface area contributed by atoms with Crippen molar-refractivity contribution in [3.8, 4) is 0 Å². The minimum Gasteiger partial charge on any atom is -0.331 e. The first-order valence-corrected chi connectivity index (χ1v) is 11.7. The number of carbonyl (C=O) groups is 2. The van der Waals surface area contributed by atoms with Gasteiger partial charge in [-0.05, 0) is 56.2 Å². The molecule has 2 heterocycles. The van der Waals surface area contributed by atoms with E-state index in [4.69, 9.17) is 0 Å². The highest BCUT2D eigenvalue weighted by Gasteiger charge is 2.39. The second-order valence-corrected chi connectivity index (χ2v) is 9.73. The highest BCUT2D eigenvalue weighted by Crippen LogP contribution is 2.27. The summed E-state index contributed by atoms with van der Waals surface area (Å²) in [6, 6.07) is 12.3. The number of amides is 1. The van der Waals surface area contributed by atoms with Gasteiger partial charge >= 0.3 is 0 Å². The Bertz CT molecular complexity index is 1250. The van der Waals surface area contributed by atoms with Gasteiger partial charge in [-0.3, -0.25) is 9.59 Å². The van der Waals surface area contributed by atoms with E-state index < -0.39 is 16.1 Å². The lowest BCUT2D eigenvalue weighted by Crippen LogP contribution is -2.43. The molecule has 166 valence electrons. The van der Waals surface area contributed by atoms with E-state index in [9.17, 15) is 18.0 Å². The number of aryl methyl sites for hydroxylation is 2. The van der Waals surface area contributed by atoms with E-state index >= 15 is 0 Å². The molecule has 0 spiro atoms. The lowest BCUT2D eigenvalue weighted by atomic mass is 10.1. The number of anilines is 1. The van der Waals surface area contributed by atoms with Crippen LogP contribution < -0.4 is 5.32 Å². The van der Waals surface area contributed by atoms with Crippen LogP contribution in [0.1, 0.15) is 34.6 Å². The number of benzene rings is 2. The van der Waals surface area contributed by atoms with E-state index in [1.165, 1.54) is 4.31 Å². The van der Waals surface area contributed by atoms with Gasteiger partial charge in [0.1, 0.15) is 6.04 Å². The zero-order valence-corrected chi connectivity index (χ0v) is 18.7. The van der Waals surface area contributed by atoms with E-state index in [1.807, 2.05) is 6.92 Å². The number of sulfonamides is 1. The van der Waals surface area contributed by atoms with Gasteiger partial charge in [-0.25, -0.2) is 13.4 Å². The van der Waals surface area contributed by atoms with Crippen LogP contribution >= 0.6 is 0 Å². The molecule has 2 aromatic carbocycles. The van der Waals surface area contributed by atoms with Gasteiger partial charge in [0.05, 0.1) is 4.90 Å². The molecule has 1 unspecified atom stereocenters. The topological polar surface area (TPSA) is 101 Å². The molecular formula is C23H24N4O4S. The normalized spacial score (nSPS) is 16.8. The van der Waals surface area contributed by atoms with Crippen LogP contribution in [0, 0.1) is 6.92 Å². The molecule has 1 amide bonds. The number of hydrogen-bond donors (Lipinski definition) is 1. The van der Waals surface area contributed by atoms with Crippen LogP contribution in [0.4, 0.5) is 5.69 Å². The number of hydrogen-bond acceptors (Lipinski definition) is 5. The van der Waals surface area contributed by atoms with Gasteiger partial charge in [-0.15, -0.1) is 0 Å². The summed E-state index contributed by atoms with van der Waals surface area (Å²) >= 11 is 0. The number of ketones is 1. The van der Waals surface area contributed by atoms with Crippen molar-refractivity contribution >= 4 is 27.4 Å². The summed E-state index contributed by atoms with van der Waals surface area (Å²) in [7, 11) is -2.03. The number of aromatic nitrogens is 2. The Morgan fingerprint density at radius 1 is 1.06 bits per heavy atom. The molecule has 3 aromatic rings. The summed E-state index contributed by atoms with van der Waals surface area (Å²) in [5.41, 5.74) is 1.90. The Morgan fingerprint density at radius 2 is 1.75 bits per heavy atom. The van der Waals surface area contributed by atoms with E-state index in [1.54, 1.807) is 72.5 Å². The van der Waals surface area contributed by atoms with E-state index in [0.717, 1.165) is 5.56 Å². The van der Waals surface area contributed by atoms with Crippen molar-refractivity contribution in [2.24, 2.45) is 7.05 Å². The standard InChI is InChI=1S/C23H24N4O4S/c1-16-5-11-19(12-6-16)32(30,31)27-14-3-4-20(27)23(29)25-18-9-7-17(8-10-18)21(28)22-24-13-15-26(22)2/h5-13,15,20H,3-4,14H2,1-2H3,(H,25,29). The monoisotopic (exact) mass is 452 g/mol. The third kappa shape index (κ3) is 4.21. The molecule has 0 aliphatic carbocycles. The van der Waals surface area contributed by atoms with Crippen molar-refractivity contribution in [2.75, 3.05) is 11.9 Å². The molecule has 1 saturated heterocycles. The van der Waals surface area contributed by atoms with Crippen LogP contribution in [-0.4, -0.2) is 46.6 Å². The fourth-order valence-electron chi connectivity index (χ4n) is 3.78. The molecule has 8 nitrogen and oxygen atoms in total. The molecule has 1 aliphatic heterocycles. The van der Waals surface area contributed by atoms with Crippen molar-refractivity contribution in [2.45, 2.75) is 30.7 Å². The molecule has 1 atom stereocenters. The van der Waals surface area contributed by atoms with Crippen molar-refractivity contribution in [1.82, 2.24) is 13.9 Å². The molecule has 1 N–H and O–H groups in total. The highest BCUT2D eigenvalue weighted by molar-refractivity contribution is 7.89. The molecule has 1 fully saturated rings. The van der Waals surface area contributed by atoms with Crippen molar-refractivity contribution in [3.05, 3.63) is 77.9 Å². The first-order valence-electron chi connectivity index (χ1n) is 10.3. The number of nitrogens with zero attached hydrogens (tertiary/aromatic N) is 3. The van der Waals surface area contributed by atoms with E-state index in [-0.39, 0.29) is 16.6 Å². The highest BCUT2D eigenvalue weighted by atomic mass is 32.2. The first-order chi connectivity index (χ1) is 15.3. The zero-order valence-electron chi connectivity index (χ0n) is 17.9. The van der Waals surface area contributed by atoms with Crippen LogP contribution in [-0.2, 0) is 21.9 Å². The fourth-order valence-corrected chi connectivity index (χ4v) is 5.44. The Labute approximate surface area is 186 Å². The number of carbonyl (C=O) groups excluding carboxylic acids is 2. The van der Waals surface area contributed by atoms with Crippen LogP contribution in [0.15, 0.2) is 65.8 Å². The molecule has 9 heteroatoms. The zero-order chi connectivity index (χ0) is 22.9. The Hall–Kier alpha value is -3.30. The fraction of sp³-hybridized carbons (Fsp3) is 0.261. The van der Waals surface area contributed by atoms with Crippen LogP contribution in [0.2, 0.25) is 0 Å². The molecule has 32 heavy (non-hydrogen) atoms. The minimum atomic E-state index is -3.77. The van der Waals surface area contributed by atoms with Crippen LogP contribution in [0.3, 0.4) is 0 Å². The lowest BCUT2D eigenvalue weighted by molar-refractivity contribution is -0.119. The summed E-state index contributed by atoms with van der Waals surface area (Å²) in [5, 5.41) is 2.78. The number of rotatable bonds is 6. The number of imidazole rings is 1. The SMILES string of the molecule is Cc1ccc(S(=O)(=O)N2CCCC2C(=O)Nc2ccc(C(=O)c3nccn3C)cc2)cc1. The predicted molar refractivity (Wildman–Crippen MR) is 120 cm³/mol. The maximum Gasteiger partial charge on any atom is 0.243 e. The largest absolute Gasteiger partial charge is 0.331 e. The average Bonchev–Trinajstić information content (AvgIpc) is 3.44. The Kier molecular flexibility index (Phi) is 5.94. The quantitative estimate of drug-likeness (QED) is 0.580. The molecular weight excluding hydrogens is 428 g/mol. The summed E-state index contributed by atoms with van der Waals surface area (Å²) in [6.07, 6.45) is 4.31. The van der Waals surface area contributed by atoms with Gasteiger partial charge in [-0.2, -0.15) is 4.31 Å². The maximum atomic E-state index is 13.1. The molecule has 0 saturated carbocycles. The van der Waals surface area contributed by atoms with Crippen molar-refractivity contribution in [3.63, 3.8) is 0 Å². The van der Waals surface area contributed by atoms with Gasteiger partial charge < -0.3 is 9.88 Å². The summed E-state index contributed by atoms with van der Waals surface area (Å²) in [4.78, 5) is 29.7. The third-order valence-electron chi connectivity index (χ3n) is 5.57. The predicted octanol–water partition coefficient (Wildman–Crippen LogP) is 2.75. The van der Waals surface area contributed by atoms with Crippen LogP contribution in [0.25, 0.3) is 0 Å². The second kappa shape index (κ2) is 8.68. The van der Waals surface area contributed by atoms with Gasteiger partial charge in [0.2, 0.25) is 21.7 Å². The maximum absolute atomic E-state index is 13.1. The molecule has 0 bridgehead atoms. The summed E-state index contributed by atoms with van der Waals surface area (Å²) < 4.78 is 29.1. The molecule has 1 aliphatic rings. The smallest absolute Gasteiger partial charge is 0.243 e. The minimum absolute atomic E-state index is 0.181. The summed E-state index contributed by atoms with van der Waals surface area (Å²) in [5.74, 6) is -0.285. The lowest BCUT2D eigenvalue weighted by Gasteiger charge is -2.23. The third-order valence-corrected chi connectivity index (χ3v) is 7.50. The van der Waals surface area contributed by atoms with E-state index in [0.29, 0.717) is 36.5 Å². The van der Waals surface area contributed by atoms with Crippen molar-refractivity contribution in [1.29, 1.82) is 0 Å². The van der Waals surface area contributed by atoms with E-state index in [2.05, 4.69) is 10.3 Å². The van der Waals surface area contributed by atoms with Crippen LogP contribution in [0.5, 0.6) is 0 Å². The number of nitrogens with one attached hydrogen (secondary N) is 1. The van der Waals surface area contributed by atoms with Crippen molar-refractivity contribution < 1.29 is 18.0 Å². The molecule has 4 rings (SSSR count). The first kappa shape index (κ1) is 21.9. The summed E-state index contributed by atoms with van der Waals surface area (Å²) in [6.45, 7) is 2.18. The van der Waals surface area contributed by atoms with Gasteiger partial charge in [0.15, 0.2) is 5.82 Å². The molecule has 0 radical (unpaired) electrons. The van der Waals surface area contributed by atoms with Gasteiger partial charge in [-0.1, -0.05) is 17.7 Å². The molecule has 1 aromatic heterocycles. The van der Waals surface area contributed by atoms with Gasteiger partial charge in [0.25, 0.3) is 0 Å². The second-order valence-electron chi connectivity index (χ2n) is 7.84. The Balaban J connectivity index is 1.48. The average molecular weight is 453 g/mol.